The fraction of sp³-hybridized carbons (Fsp3) is 0. The second-order valence-electron chi connectivity index (χ2n) is 0. The zero-order valence-corrected chi connectivity index (χ0v) is 10.9. The van der Waals surface area contributed by atoms with Crippen molar-refractivity contribution in [2.75, 3.05) is 0 Å². The van der Waals surface area contributed by atoms with Gasteiger partial charge in [0, 0.05) is 58.0 Å². The summed E-state index contributed by atoms with van der Waals surface area (Å²) in [5.41, 5.74) is 0. The van der Waals surface area contributed by atoms with Crippen LogP contribution in [0.2, 0.25) is 0 Å². The van der Waals surface area contributed by atoms with Crippen molar-refractivity contribution in [2.45, 2.75) is 0 Å². The maximum atomic E-state index is 4.21. The van der Waals surface area contributed by atoms with Gasteiger partial charge < -0.3 is 0 Å². The molecule has 0 aliphatic heterocycles. The van der Waals surface area contributed by atoms with E-state index in [0.29, 0.717) is 0 Å². The van der Waals surface area contributed by atoms with Crippen LogP contribution in [-0.2, 0) is 38.9 Å². The van der Waals surface area contributed by atoms with Crippen LogP contribution in [0.5, 0.6) is 0 Å². The van der Waals surface area contributed by atoms with Gasteiger partial charge in [0.05, 0.1) is 0 Å². The first-order chi connectivity index (χ1) is 1.00. The minimum atomic E-state index is 0. The Morgan fingerprint density at radius 3 is 1.20 bits per heavy atom. The van der Waals surface area contributed by atoms with Gasteiger partial charge >= 0.3 is 52.5 Å². The second-order valence-corrected chi connectivity index (χ2v) is 0. The van der Waals surface area contributed by atoms with Gasteiger partial charge in [-0.15, -0.1) is 0 Å². The minimum absolute atomic E-state index is 0. The first kappa shape index (κ1) is 23.4. The Labute approximate surface area is 108 Å². The maximum absolute atomic E-state index is 4.21. The molecule has 0 heterocycles. The molecule has 0 spiro atoms. The standard InChI is InChI=1S/Ag.In.La.S.Zn.3H. The third-order valence-corrected chi connectivity index (χ3v) is 0. The molecule has 5 heavy (non-hydrogen) atoms. The zero-order chi connectivity index (χ0) is 2.00. The van der Waals surface area contributed by atoms with E-state index in [9.17, 15) is 0 Å². The van der Waals surface area contributed by atoms with Crippen molar-refractivity contribution in [3.05, 3.63) is 0 Å². The average Bonchev–Trinajstić information content (AvgIpc) is 1.00. The van der Waals surface area contributed by atoms with E-state index in [4.69, 9.17) is 0 Å². The molecule has 0 unspecified atom stereocenters. The summed E-state index contributed by atoms with van der Waals surface area (Å²) in [5.74, 6) is 0. The summed E-state index contributed by atoms with van der Waals surface area (Å²) < 4.78 is 0. The monoisotopic (exact) mass is 460 g/mol. The molecule has 5 heteroatoms. The van der Waals surface area contributed by atoms with Gasteiger partial charge in [-0.25, -0.2) is 0 Å². The fourth-order valence-corrected chi connectivity index (χ4v) is 0. The van der Waals surface area contributed by atoms with E-state index < -0.39 is 0 Å². The molecule has 2 radical (unpaired) electrons. The van der Waals surface area contributed by atoms with Crippen LogP contribution in [0.1, 0.15) is 0 Å². The third-order valence-electron chi connectivity index (χ3n) is 0. The molecule has 0 aromatic rings. The van der Waals surface area contributed by atoms with Crippen molar-refractivity contribution in [2.24, 2.45) is 0 Å². The van der Waals surface area contributed by atoms with Crippen molar-refractivity contribution in [1.29, 1.82) is 0 Å². The van der Waals surface area contributed by atoms with E-state index in [2.05, 4.69) is 10.1 Å². The van der Waals surface area contributed by atoms with Crippen LogP contribution in [-0.4, -0.2) is 25.8 Å². The van der Waals surface area contributed by atoms with Crippen LogP contribution in [0, 0.1) is 35.6 Å². The van der Waals surface area contributed by atoms with E-state index in [-0.39, 0.29) is 83.8 Å². The van der Waals surface area contributed by atoms with E-state index in [1.807, 2.05) is 0 Å². The molecule has 0 aliphatic rings. The average molecular weight is 462 g/mol. The van der Waals surface area contributed by atoms with Crippen LogP contribution in [0.25, 0.3) is 0 Å². The zero-order valence-electron chi connectivity index (χ0n) is 1.99. The van der Waals surface area contributed by atoms with Gasteiger partial charge in [0.1, 0.15) is 0 Å². The molecule has 0 N–H and O–H groups in total. The summed E-state index contributed by atoms with van der Waals surface area (Å²) in [6.45, 7) is 0. The van der Waals surface area contributed by atoms with Gasteiger partial charge in [0.25, 0.3) is 0 Å². The summed E-state index contributed by atoms with van der Waals surface area (Å²) in [6.07, 6.45) is 0. The molecule has 0 bridgehead atoms. The Hall–Kier alpha value is 3.65. The molecule has 0 rings (SSSR count). The van der Waals surface area contributed by atoms with Crippen molar-refractivity contribution in [3.63, 3.8) is 0 Å². The molecular formula is H3AgInLaSZn. The Kier molecular flexibility index (Phi) is 119. The van der Waals surface area contributed by atoms with Crippen LogP contribution in [0.3, 0.4) is 0 Å². The first-order valence-electron chi connectivity index (χ1n) is 0.289. The van der Waals surface area contributed by atoms with Gasteiger partial charge in [0.2, 0.25) is 0 Å². The molecule has 28 valence electrons. The molecule has 0 aromatic heterocycles. The normalized spacial score (nSPS) is 1.20. The molecule has 0 amide bonds. The molecule has 0 aliphatic carbocycles. The van der Waals surface area contributed by atoms with E-state index >= 15 is 0 Å². The molecule has 0 aromatic carbocycles. The quantitative estimate of drug-likeness (QED) is 0.437. The van der Waals surface area contributed by atoms with Crippen molar-refractivity contribution < 1.29 is 74.5 Å². The van der Waals surface area contributed by atoms with E-state index in [0.717, 1.165) is 16.6 Å². The molecule has 0 atom stereocenters. The van der Waals surface area contributed by atoms with Gasteiger partial charge in [-0.05, 0) is 0 Å². The fourth-order valence-electron chi connectivity index (χ4n) is 0. The van der Waals surface area contributed by atoms with Crippen molar-refractivity contribution in [3.8, 4) is 0 Å². The van der Waals surface area contributed by atoms with Gasteiger partial charge in [-0.2, -0.15) is 0 Å². The molecule has 0 saturated heterocycles. The van der Waals surface area contributed by atoms with Crippen LogP contribution in [0.4, 0.5) is 0 Å². The van der Waals surface area contributed by atoms with Crippen LogP contribution < -0.4 is 0 Å². The SMILES string of the molecule is [Ag].[InH3].[La].[S]=[Zn]. The second kappa shape index (κ2) is 25.4. The summed E-state index contributed by atoms with van der Waals surface area (Å²) in [4.78, 5) is 0. The Morgan fingerprint density at radius 2 is 1.20 bits per heavy atom. The topological polar surface area (TPSA) is 0 Å². The van der Waals surface area contributed by atoms with Crippen molar-refractivity contribution >= 4 is 36.0 Å². The Bertz CT molecular complexity index is 11.6. The van der Waals surface area contributed by atoms with Gasteiger partial charge in [-0.1, -0.05) is 0 Å². The van der Waals surface area contributed by atoms with Crippen LogP contribution in [0.15, 0.2) is 0 Å². The van der Waals surface area contributed by atoms with E-state index in [1.54, 1.807) is 0 Å². The summed E-state index contributed by atoms with van der Waals surface area (Å²) in [6, 6.07) is 0. The van der Waals surface area contributed by atoms with Gasteiger partial charge in [0.15, 0.2) is 0 Å². The molecule has 0 nitrogen and oxygen atoms in total. The molecular weight excluding hydrogens is 459 g/mol. The van der Waals surface area contributed by atoms with Gasteiger partial charge in [-0.3, -0.25) is 0 Å². The summed E-state index contributed by atoms with van der Waals surface area (Å²) >= 11 is 0.958. The Balaban J connectivity index is -0.00000000167. The molecule has 0 saturated carbocycles. The van der Waals surface area contributed by atoms with E-state index in [1.165, 1.54) is 0 Å². The first-order valence-corrected chi connectivity index (χ1v) is 4.50. The molecule has 0 fully saturated rings. The summed E-state index contributed by atoms with van der Waals surface area (Å²) in [7, 11) is 4.21. The predicted molar refractivity (Wildman–Crippen MR) is 17.5 cm³/mol. The Morgan fingerprint density at radius 1 is 1.20 bits per heavy atom. The van der Waals surface area contributed by atoms with Crippen LogP contribution >= 0.6 is 10.1 Å². The number of hydrogen-bond donors (Lipinski definition) is 0. The predicted octanol–water partition coefficient (Wildman–Crippen LogP) is -0.541. The number of hydrogen-bond acceptors (Lipinski definition) is 1. The van der Waals surface area contributed by atoms with Crippen molar-refractivity contribution in [1.82, 2.24) is 0 Å². The third kappa shape index (κ3) is 18.3. The number of rotatable bonds is 0. The summed E-state index contributed by atoms with van der Waals surface area (Å²) in [5, 5.41) is 0.